The molecular weight excluding hydrogens is 290 g/mol. The lowest BCUT2D eigenvalue weighted by Crippen LogP contribution is -2.37. The van der Waals surface area contributed by atoms with Crippen LogP contribution in [0.5, 0.6) is 0 Å². The molecule has 0 saturated carbocycles. The summed E-state index contributed by atoms with van der Waals surface area (Å²) >= 11 is 3.50. The standard InChI is InChI=1S/C14H18BrN3/c1-17(2)10-13-4-3-7-18(13)14-8-12(15)6-5-11(14)9-16/h5-6,8,13H,3-4,7,10H2,1-2H3. The minimum atomic E-state index is 0.515. The second-order valence-electron chi connectivity index (χ2n) is 5.02. The van der Waals surface area contributed by atoms with E-state index in [1.165, 1.54) is 12.8 Å². The summed E-state index contributed by atoms with van der Waals surface area (Å²) in [4.78, 5) is 4.59. The molecule has 4 heteroatoms. The Bertz CT molecular complexity index is 465. The number of likely N-dealkylation sites (N-methyl/N-ethyl adjacent to an activating group) is 1. The molecule has 0 aromatic heterocycles. The van der Waals surface area contributed by atoms with E-state index in [1.807, 2.05) is 12.1 Å². The molecule has 1 aliphatic rings. The van der Waals surface area contributed by atoms with Gasteiger partial charge in [0, 0.05) is 23.6 Å². The Kier molecular flexibility index (Phi) is 4.26. The van der Waals surface area contributed by atoms with Crippen LogP contribution in [0.4, 0.5) is 5.69 Å². The summed E-state index contributed by atoms with van der Waals surface area (Å²) in [7, 11) is 4.20. The van der Waals surface area contributed by atoms with Crippen LogP contribution < -0.4 is 4.90 Å². The predicted octanol–water partition coefficient (Wildman–Crippen LogP) is 2.85. The van der Waals surface area contributed by atoms with Crippen molar-refractivity contribution in [2.75, 3.05) is 32.1 Å². The van der Waals surface area contributed by atoms with E-state index in [-0.39, 0.29) is 0 Å². The van der Waals surface area contributed by atoms with E-state index in [4.69, 9.17) is 0 Å². The molecule has 0 N–H and O–H groups in total. The van der Waals surface area contributed by atoms with Gasteiger partial charge in [-0.2, -0.15) is 5.26 Å². The molecule has 1 atom stereocenters. The topological polar surface area (TPSA) is 30.3 Å². The van der Waals surface area contributed by atoms with Crippen LogP contribution in [0.2, 0.25) is 0 Å². The summed E-state index contributed by atoms with van der Waals surface area (Å²) in [5, 5.41) is 9.24. The van der Waals surface area contributed by atoms with Crippen molar-refractivity contribution in [2.45, 2.75) is 18.9 Å². The van der Waals surface area contributed by atoms with Crippen LogP contribution in [0.1, 0.15) is 18.4 Å². The first-order valence-corrected chi connectivity index (χ1v) is 7.02. The first-order valence-electron chi connectivity index (χ1n) is 6.23. The van der Waals surface area contributed by atoms with Crippen LogP contribution >= 0.6 is 15.9 Å². The monoisotopic (exact) mass is 307 g/mol. The van der Waals surface area contributed by atoms with Gasteiger partial charge in [0.25, 0.3) is 0 Å². The summed E-state index contributed by atoms with van der Waals surface area (Å²) < 4.78 is 1.03. The Morgan fingerprint density at radius 2 is 2.28 bits per heavy atom. The molecule has 96 valence electrons. The highest BCUT2D eigenvalue weighted by atomic mass is 79.9. The minimum Gasteiger partial charge on any atom is -0.366 e. The Labute approximate surface area is 117 Å². The van der Waals surface area contributed by atoms with Gasteiger partial charge in [-0.1, -0.05) is 15.9 Å². The van der Waals surface area contributed by atoms with Crippen LogP contribution in [0, 0.1) is 11.3 Å². The molecule has 3 nitrogen and oxygen atoms in total. The first-order chi connectivity index (χ1) is 8.61. The Morgan fingerprint density at radius 3 is 2.94 bits per heavy atom. The van der Waals surface area contributed by atoms with Crippen molar-refractivity contribution >= 4 is 21.6 Å². The first kappa shape index (κ1) is 13.4. The number of hydrogen-bond donors (Lipinski definition) is 0. The van der Waals surface area contributed by atoms with E-state index < -0.39 is 0 Å². The van der Waals surface area contributed by atoms with E-state index in [0.717, 1.165) is 28.8 Å². The lowest BCUT2D eigenvalue weighted by atomic mass is 10.1. The van der Waals surface area contributed by atoms with Gasteiger partial charge in [-0.25, -0.2) is 0 Å². The van der Waals surface area contributed by atoms with Gasteiger partial charge >= 0.3 is 0 Å². The van der Waals surface area contributed by atoms with Crippen LogP contribution in [0.3, 0.4) is 0 Å². The molecule has 1 fully saturated rings. The summed E-state index contributed by atoms with van der Waals surface area (Å²) in [6.07, 6.45) is 2.41. The van der Waals surface area contributed by atoms with Crippen molar-refractivity contribution in [1.82, 2.24) is 4.90 Å². The third-order valence-electron chi connectivity index (χ3n) is 3.34. The van der Waals surface area contributed by atoms with Gasteiger partial charge in [0.15, 0.2) is 0 Å². The van der Waals surface area contributed by atoms with Gasteiger partial charge in [0.2, 0.25) is 0 Å². The maximum atomic E-state index is 9.24. The molecule has 1 unspecified atom stereocenters. The van der Waals surface area contributed by atoms with E-state index in [0.29, 0.717) is 6.04 Å². The molecule has 1 saturated heterocycles. The summed E-state index contributed by atoms with van der Waals surface area (Å²) in [5.41, 5.74) is 1.83. The van der Waals surface area contributed by atoms with Gasteiger partial charge in [0.1, 0.15) is 6.07 Å². The Morgan fingerprint density at radius 1 is 1.50 bits per heavy atom. The summed E-state index contributed by atoms with van der Waals surface area (Å²) in [5.74, 6) is 0. The molecule has 1 aliphatic heterocycles. The van der Waals surface area contributed by atoms with Crippen LogP contribution in [0.15, 0.2) is 22.7 Å². The maximum Gasteiger partial charge on any atom is 0.101 e. The van der Waals surface area contributed by atoms with Crippen molar-refractivity contribution in [3.05, 3.63) is 28.2 Å². The molecule has 1 aromatic rings. The van der Waals surface area contributed by atoms with Crippen molar-refractivity contribution in [3.63, 3.8) is 0 Å². The number of nitriles is 1. The van der Waals surface area contributed by atoms with Crippen molar-refractivity contribution in [2.24, 2.45) is 0 Å². The molecule has 2 rings (SSSR count). The minimum absolute atomic E-state index is 0.515. The van der Waals surface area contributed by atoms with Crippen LogP contribution in [-0.2, 0) is 0 Å². The lowest BCUT2D eigenvalue weighted by Gasteiger charge is -2.29. The van der Waals surface area contributed by atoms with Gasteiger partial charge in [-0.05, 0) is 45.1 Å². The fourth-order valence-electron chi connectivity index (χ4n) is 2.60. The molecule has 0 aliphatic carbocycles. The van der Waals surface area contributed by atoms with Gasteiger partial charge in [0.05, 0.1) is 11.3 Å². The predicted molar refractivity (Wildman–Crippen MR) is 77.8 cm³/mol. The Hall–Kier alpha value is -1.05. The zero-order valence-electron chi connectivity index (χ0n) is 10.9. The molecule has 0 amide bonds. The molecular formula is C14H18BrN3. The largest absolute Gasteiger partial charge is 0.366 e. The number of nitrogens with zero attached hydrogens (tertiary/aromatic N) is 3. The average molecular weight is 308 g/mol. The fourth-order valence-corrected chi connectivity index (χ4v) is 2.95. The quantitative estimate of drug-likeness (QED) is 0.860. The second kappa shape index (κ2) is 5.73. The Balaban J connectivity index is 2.30. The van der Waals surface area contributed by atoms with Crippen LogP contribution in [-0.4, -0.2) is 38.1 Å². The van der Waals surface area contributed by atoms with Gasteiger partial charge < -0.3 is 9.80 Å². The number of benzene rings is 1. The molecule has 0 bridgehead atoms. The van der Waals surface area contributed by atoms with E-state index >= 15 is 0 Å². The van der Waals surface area contributed by atoms with Crippen molar-refractivity contribution in [1.29, 1.82) is 5.26 Å². The number of anilines is 1. The number of hydrogen-bond acceptors (Lipinski definition) is 3. The second-order valence-corrected chi connectivity index (χ2v) is 5.94. The van der Waals surface area contributed by atoms with E-state index in [1.54, 1.807) is 0 Å². The van der Waals surface area contributed by atoms with Gasteiger partial charge in [-0.15, -0.1) is 0 Å². The molecule has 1 aromatic carbocycles. The normalized spacial score (nSPS) is 19.3. The van der Waals surface area contributed by atoms with Gasteiger partial charge in [-0.3, -0.25) is 0 Å². The van der Waals surface area contributed by atoms with E-state index in [9.17, 15) is 5.26 Å². The van der Waals surface area contributed by atoms with Crippen molar-refractivity contribution in [3.8, 4) is 6.07 Å². The number of rotatable bonds is 3. The third kappa shape index (κ3) is 2.85. The SMILES string of the molecule is CN(C)CC1CCCN1c1cc(Br)ccc1C#N. The highest BCUT2D eigenvalue weighted by Crippen LogP contribution is 2.31. The number of halogens is 1. The average Bonchev–Trinajstić information content (AvgIpc) is 2.76. The lowest BCUT2D eigenvalue weighted by molar-refractivity contribution is 0.372. The van der Waals surface area contributed by atoms with Crippen molar-refractivity contribution < 1.29 is 0 Å². The summed E-state index contributed by atoms with van der Waals surface area (Å²) in [6, 6.07) is 8.70. The zero-order chi connectivity index (χ0) is 13.1. The molecule has 18 heavy (non-hydrogen) atoms. The molecule has 0 radical (unpaired) electrons. The third-order valence-corrected chi connectivity index (χ3v) is 3.84. The molecule has 0 spiro atoms. The highest BCUT2D eigenvalue weighted by Gasteiger charge is 2.26. The van der Waals surface area contributed by atoms with Crippen LogP contribution in [0.25, 0.3) is 0 Å². The highest BCUT2D eigenvalue weighted by molar-refractivity contribution is 9.10. The fraction of sp³-hybridized carbons (Fsp3) is 0.500. The zero-order valence-corrected chi connectivity index (χ0v) is 12.4. The van der Waals surface area contributed by atoms with E-state index in [2.05, 4.69) is 52.0 Å². The summed E-state index contributed by atoms with van der Waals surface area (Å²) in [6.45, 7) is 2.08. The smallest absolute Gasteiger partial charge is 0.101 e. The maximum absolute atomic E-state index is 9.24. The molecule has 1 heterocycles.